The number of amides is 4. The molecule has 0 aromatic rings. The third kappa shape index (κ3) is 3.55. The summed E-state index contributed by atoms with van der Waals surface area (Å²) in [5.41, 5.74) is 4.94. The van der Waals surface area contributed by atoms with Gasteiger partial charge in [0.2, 0.25) is 11.8 Å². The molecule has 0 aliphatic rings. The Morgan fingerprint density at radius 3 is 1.57 bits per heavy atom. The second-order valence-electron chi connectivity index (χ2n) is 2.96. The molecule has 0 radical (unpaired) electrons. The monoisotopic (exact) mass is 200 g/mol. The number of rotatable bonds is 4. The second-order valence-corrected chi connectivity index (χ2v) is 2.96. The van der Waals surface area contributed by atoms with Gasteiger partial charge in [-0.05, 0) is 12.8 Å². The Morgan fingerprint density at radius 2 is 1.36 bits per heavy atom. The van der Waals surface area contributed by atoms with Gasteiger partial charge in [-0.2, -0.15) is 0 Å². The summed E-state index contributed by atoms with van der Waals surface area (Å²) >= 11 is 0. The smallest absolute Gasteiger partial charge is 0.328 e. The lowest BCUT2D eigenvalue weighted by atomic mass is 10.2. The summed E-state index contributed by atoms with van der Waals surface area (Å²) in [7, 11) is 0. The molecule has 0 rings (SSSR count). The maximum atomic E-state index is 11.3. The topological polar surface area (TPSA) is 80.5 Å². The molecule has 14 heavy (non-hydrogen) atoms. The molecule has 0 aromatic heterocycles. The van der Waals surface area contributed by atoms with Crippen molar-refractivity contribution in [3.63, 3.8) is 0 Å². The molecular weight excluding hydrogens is 184 g/mol. The summed E-state index contributed by atoms with van der Waals surface area (Å²) in [5.74, 6) is -1.03. The van der Waals surface area contributed by atoms with Gasteiger partial charge in [0.15, 0.2) is 0 Å². The first kappa shape index (κ1) is 12.6. The molecule has 2 N–H and O–H groups in total. The van der Waals surface area contributed by atoms with E-state index < -0.39 is 17.8 Å². The maximum Gasteiger partial charge on any atom is 0.328 e. The fourth-order valence-electron chi connectivity index (χ4n) is 1.04. The molecule has 0 unspecified atom stereocenters. The maximum absolute atomic E-state index is 11.3. The van der Waals surface area contributed by atoms with Crippen molar-refractivity contribution in [1.82, 2.24) is 4.90 Å². The second kappa shape index (κ2) is 6.12. The fraction of sp³-hybridized carbons (Fsp3) is 0.667. The zero-order valence-electron chi connectivity index (χ0n) is 8.58. The van der Waals surface area contributed by atoms with Gasteiger partial charge in [-0.3, -0.25) is 9.59 Å². The van der Waals surface area contributed by atoms with Crippen LogP contribution < -0.4 is 5.73 Å². The van der Waals surface area contributed by atoms with Crippen LogP contribution in [0.2, 0.25) is 0 Å². The first-order valence-electron chi connectivity index (χ1n) is 4.69. The molecular formula is C9H16N2O3. The van der Waals surface area contributed by atoms with E-state index in [1.807, 2.05) is 0 Å². The van der Waals surface area contributed by atoms with E-state index in [1.54, 1.807) is 13.8 Å². The van der Waals surface area contributed by atoms with E-state index in [2.05, 4.69) is 0 Å². The van der Waals surface area contributed by atoms with Crippen LogP contribution in [0.25, 0.3) is 0 Å². The van der Waals surface area contributed by atoms with Crippen LogP contribution in [0.1, 0.15) is 39.5 Å². The van der Waals surface area contributed by atoms with Crippen LogP contribution in [-0.4, -0.2) is 22.7 Å². The molecule has 0 aromatic carbocycles. The predicted molar refractivity (Wildman–Crippen MR) is 51.3 cm³/mol. The molecule has 0 aliphatic carbocycles. The van der Waals surface area contributed by atoms with Crippen molar-refractivity contribution in [2.24, 2.45) is 5.73 Å². The number of primary amides is 1. The Kier molecular flexibility index (Phi) is 5.52. The minimum atomic E-state index is -0.984. The quantitative estimate of drug-likeness (QED) is 0.735. The highest BCUT2D eigenvalue weighted by Gasteiger charge is 2.24. The number of carbonyl (C=O) groups is 3. The summed E-state index contributed by atoms with van der Waals surface area (Å²) in [5, 5.41) is 0. The highest BCUT2D eigenvalue weighted by Crippen LogP contribution is 2.02. The van der Waals surface area contributed by atoms with Crippen molar-refractivity contribution < 1.29 is 14.4 Å². The first-order chi connectivity index (χ1) is 6.54. The van der Waals surface area contributed by atoms with Crippen LogP contribution in [0.3, 0.4) is 0 Å². The van der Waals surface area contributed by atoms with Crippen LogP contribution in [0.15, 0.2) is 0 Å². The molecule has 0 saturated carbocycles. The number of urea groups is 1. The number of nitrogens with zero attached hydrogens (tertiary/aromatic N) is 1. The van der Waals surface area contributed by atoms with Gasteiger partial charge in [0.1, 0.15) is 0 Å². The van der Waals surface area contributed by atoms with Crippen molar-refractivity contribution >= 4 is 17.8 Å². The average molecular weight is 200 g/mol. The van der Waals surface area contributed by atoms with Gasteiger partial charge in [-0.25, -0.2) is 9.69 Å². The Hall–Kier alpha value is -1.39. The molecule has 0 aliphatic heterocycles. The van der Waals surface area contributed by atoms with Gasteiger partial charge in [0, 0.05) is 12.8 Å². The molecule has 0 spiro atoms. The van der Waals surface area contributed by atoms with Gasteiger partial charge in [0.25, 0.3) is 0 Å². The van der Waals surface area contributed by atoms with E-state index in [0.717, 1.165) is 0 Å². The lowest BCUT2D eigenvalue weighted by Gasteiger charge is -2.15. The fourth-order valence-corrected chi connectivity index (χ4v) is 1.04. The summed E-state index contributed by atoms with van der Waals surface area (Å²) in [6.45, 7) is 3.59. The highest BCUT2D eigenvalue weighted by molar-refractivity contribution is 6.09. The van der Waals surface area contributed by atoms with Crippen LogP contribution in [0, 0.1) is 0 Å². The normalized spacial score (nSPS) is 9.57. The molecule has 0 saturated heterocycles. The van der Waals surface area contributed by atoms with E-state index in [9.17, 15) is 14.4 Å². The van der Waals surface area contributed by atoms with Crippen LogP contribution in [0.4, 0.5) is 4.79 Å². The van der Waals surface area contributed by atoms with Gasteiger partial charge in [-0.1, -0.05) is 13.8 Å². The van der Waals surface area contributed by atoms with Crippen molar-refractivity contribution in [1.29, 1.82) is 0 Å². The highest BCUT2D eigenvalue weighted by atomic mass is 16.2. The Bertz CT molecular complexity index is 220. The standard InChI is InChI=1S/C9H16N2O3/c1-3-5-7(12)11(9(10)14)8(13)6-4-2/h3-6H2,1-2H3,(H2,10,14). The molecule has 0 fully saturated rings. The zero-order chi connectivity index (χ0) is 11.1. The summed E-state index contributed by atoms with van der Waals surface area (Å²) < 4.78 is 0. The molecule has 0 bridgehead atoms. The first-order valence-corrected chi connectivity index (χ1v) is 4.69. The summed E-state index contributed by atoms with van der Waals surface area (Å²) in [6, 6.07) is -0.984. The predicted octanol–water partition coefficient (Wildman–Crippen LogP) is 1.02. The lowest BCUT2D eigenvalue weighted by Crippen LogP contribution is -2.44. The number of hydrogen-bond acceptors (Lipinski definition) is 3. The van der Waals surface area contributed by atoms with Crippen LogP contribution in [-0.2, 0) is 9.59 Å². The SMILES string of the molecule is CCCC(=O)N(C(N)=O)C(=O)CCC. The number of imide groups is 3. The number of carbonyl (C=O) groups excluding carboxylic acids is 3. The van der Waals surface area contributed by atoms with Gasteiger partial charge in [-0.15, -0.1) is 0 Å². The summed E-state index contributed by atoms with van der Waals surface area (Å²) in [4.78, 5) is 34.0. The summed E-state index contributed by atoms with van der Waals surface area (Å²) in [6.07, 6.45) is 1.50. The molecule has 4 amide bonds. The van der Waals surface area contributed by atoms with E-state index in [1.165, 1.54) is 0 Å². The molecule has 0 heterocycles. The van der Waals surface area contributed by atoms with Gasteiger partial charge in [0.05, 0.1) is 0 Å². The van der Waals surface area contributed by atoms with Crippen LogP contribution in [0.5, 0.6) is 0 Å². The van der Waals surface area contributed by atoms with Crippen molar-refractivity contribution in [3.05, 3.63) is 0 Å². The zero-order valence-corrected chi connectivity index (χ0v) is 8.58. The third-order valence-corrected chi connectivity index (χ3v) is 1.65. The number of nitrogens with two attached hydrogens (primary N) is 1. The van der Waals surface area contributed by atoms with E-state index >= 15 is 0 Å². The third-order valence-electron chi connectivity index (χ3n) is 1.65. The minimum absolute atomic E-state index is 0.165. The van der Waals surface area contributed by atoms with Crippen molar-refractivity contribution in [2.45, 2.75) is 39.5 Å². The number of hydrogen-bond donors (Lipinski definition) is 1. The molecule has 80 valence electrons. The van der Waals surface area contributed by atoms with Crippen molar-refractivity contribution in [3.8, 4) is 0 Å². The van der Waals surface area contributed by atoms with Crippen molar-refractivity contribution in [2.75, 3.05) is 0 Å². The average Bonchev–Trinajstić information content (AvgIpc) is 2.04. The van der Waals surface area contributed by atoms with E-state index in [-0.39, 0.29) is 12.8 Å². The largest absolute Gasteiger partial charge is 0.351 e. The Balaban J connectivity index is 4.51. The Morgan fingerprint density at radius 1 is 1.00 bits per heavy atom. The molecule has 5 heteroatoms. The van der Waals surface area contributed by atoms with E-state index in [0.29, 0.717) is 17.7 Å². The minimum Gasteiger partial charge on any atom is -0.351 e. The van der Waals surface area contributed by atoms with Gasteiger partial charge >= 0.3 is 6.03 Å². The molecule has 5 nitrogen and oxygen atoms in total. The Labute approximate surface area is 83.2 Å². The van der Waals surface area contributed by atoms with Crippen LogP contribution >= 0.6 is 0 Å². The molecule has 0 atom stereocenters. The van der Waals surface area contributed by atoms with E-state index in [4.69, 9.17) is 5.73 Å². The van der Waals surface area contributed by atoms with Gasteiger partial charge < -0.3 is 5.73 Å². The lowest BCUT2D eigenvalue weighted by molar-refractivity contribution is -0.140.